The molecule has 3 aromatic heterocycles. The summed E-state index contributed by atoms with van der Waals surface area (Å²) in [5.74, 6) is -0.0808. The molecular formula is C21H15N3OS. The maximum atomic E-state index is 12.3. The van der Waals surface area contributed by atoms with Crippen molar-refractivity contribution in [3.05, 3.63) is 95.8 Å². The van der Waals surface area contributed by atoms with Gasteiger partial charge in [-0.25, -0.2) is 4.68 Å². The molecule has 1 aromatic carbocycles. The Morgan fingerprint density at radius 1 is 1.04 bits per heavy atom. The van der Waals surface area contributed by atoms with Crippen molar-refractivity contribution in [2.24, 2.45) is 0 Å². The van der Waals surface area contributed by atoms with E-state index in [4.69, 9.17) is 5.10 Å². The van der Waals surface area contributed by atoms with Crippen molar-refractivity contribution in [1.82, 2.24) is 14.8 Å². The van der Waals surface area contributed by atoms with Crippen molar-refractivity contribution < 1.29 is 4.79 Å². The van der Waals surface area contributed by atoms with Crippen LogP contribution in [0.1, 0.15) is 15.9 Å². The lowest BCUT2D eigenvalue weighted by molar-refractivity contribution is 0.104. The van der Waals surface area contributed by atoms with Gasteiger partial charge in [-0.1, -0.05) is 24.3 Å². The number of ketones is 1. The third kappa shape index (κ3) is 3.38. The van der Waals surface area contributed by atoms with Gasteiger partial charge in [0.05, 0.1) is 10.6 Å². The second kappa shape index (κ2) is 7.29. The maximum absolute atomic E-state index is 12.3. The smallest absolute Gasteiger partial charge is 0.187 e. The average molecular weight is 357 g/mol. The number of rotatable bonds is 5. The number of hydrogen-bond donors (Lipinski definition) is 0. The summed E-state index contributed by atoms with van der Waals surface area (Å²) in [6, 6.07) is 17.5. The molecule has 0 fully saturated rings. The molecule has 0 N–H and O–H groups in total. The second-order valence-electron chi connectivity index (χ2n) is 5.63. The topological polar surface area (TPSA) is 47.8 Å². The second-order valence-corrected chi connectivity index (χ2v) is 6.58. The predicted molar refractivity (Wildman–Crippen MR) is 104 cm³/mol. The summed E-state index contributed by atoms with van der Waals surface area (Å²) >= 11 is 1.62. The van der Waals surface area contributed by atoms with Crippen LogP contribution in [0.2, 0.25) is 0 Å². The minimum absolute atomic E-state index is 0.0808. The number of thiophene rings is 1. The summed E-state index contributed by atoms with van der Waals surface area (Å²) in [5, 5.41) is 6.74. The molecule has 0 aliphatic carbocycles. The number of benzene rings is 1. The van der Waals surface area contributed by atoms with Crippen LogP contribution in [0.4, 0.5) is 0 Å². The van der Waals surface area contributed by atoms with Gasteiger partial charge in [-0.05, 0) is 47.9 Å². The zero-order valence-corrected chi connectivity index (χ0v) is 14.6. The third-order valence-electron chi connectivity index (χ3n) is 3.88. The molecule has 0 radical (unpaired) electrons. The highest BCUT2D eigenvalue weighted by molar-refractivity contribution is 7.13. The molecule has 5 heteroatoms. The summed E-state index contributed by atoms with van der Waals surface area (Å²) in [4.78, 5) is 17.4. The van der Waals surface area contributed by atoms with Crippen molar-refractivity contribution in [1.29, 1.82) is 0 Å². The highest BCUT2D eigenvalue weighted by Gasteiger charge is 2.12. The van der Waals surface area contributed by atoms with E-state index < -0.39 is 0 Å². The van der Waals surface area contributed by atoms with Crippen LogP contribution in [0.15, 0.2) is 84.6 Å². The number of pyridine rings is 1. The van der Waals surface area contributed by atoms with E-state index in [1.54, 1.807) is 41.9 Å². The van der Waals surface area contributed by atoms with E-state index in [9.17, 15) is 4.79 Å². The van der Waals surface area contributed by atoms with Crippen molar-refractivity contribution in [3.63, 3.8) is 0 Å². The number of carbonyl (C=O) groups excluding carboxylic acids is 1. The first-order valence-corrected chi connectivity index (χ1v) is 9.00. The maximum Gasteiger partial charge on any atom is 0.187 e. The first-order valence-electron chi connectivity index (χ1n) is 8.13. The van der Waals surface area contributed by atoms with E-state index in [1.807, 2.05) is 64.8 Å². The number of nitrogens with zero attached hydrogens (tertiary/aromatic N) is 3. The molecule has 26 heavy (non-hydrogen) atoms. The molecule has 3 heterocycles. The highest BCUT2D eigenvalue weighted by Crippen LogP contribution is 2.28. The van der Waals surface area contributed by atoms with Crippen LogP contribution in [-0.4, -0.2) is 20.5 Å². The van der Waals surface area contributed by atoms with Crippen LogP contribution in [0.5, 0.6) is 0 Å². The zero-order chi connectivity index (χ0) is 17.8. The normalized spacial score (nSPS) is 11.1. The first kappa shape index (κ1) is 16.2. The molecule has 0 saturated heterocycles. The fourth-order valence-electron chi connectivity index (χ4n) is 2.60. The van der Waals surface area contributed by atoms with Crippen LogP contribution in [0.3, 0.4) is 0 Å². The first-order chi connectivity index (χ1) is 12.8. The van der Waals surface area contributed by atoms with Gasteiger partial charge in [-0.3, -0.25) is 9.78 Å². The van der Waals surface area contributed by atoms with E-state index >= 15 is 0 Å². The van der Waals surface area contributed by atoms with E-state index in [0.717, 1.165) is 21.8 Å². The van der Waals surface area contributed by atoms with Gasteiger partial charge in [0.1, 0.15) is 5.69 Å². The predicted octanol–water partition coefficient (Wildman–Crippen LogP) is 4.89. The van der Waals surface area contributed by atoms with Gasteiger partial charge in [0, 0.05) is 29.7 Å². The largest absolute Gasteiger partial charge is 0.289 e. The lowest BCUT2D eigenvalue weighted by atomic mass is 10.1. The van der Waals surface area contributed by atoms with E-state index in [2.05, 4.69) is 4.98 Å². The molecule has 126 valence electrons. The van der Waals surface area contributed by atoms with Crippen molar-refractivity contribution >= 4 is 23.2 Å². The van der Waals surface area contributed by atoms with Crippen LogP contribution in [0.25, 0.3) is 22.3 Å². The Balaban J connectivity index is 1.71. The minimum Gasteiger partial charge on any atom is -0.289 e. The molecular weight excluding hydrogens is 342 g/mol. The lowest BCUT2D eigenvalue weighted by Crippen LogP contribution is -1.94. The van der Waals surface area contributed by atoms with Crippen molar-refractivity contribution in [2.75, 3.05) is 0 Å². The highest BCUT2D eigenvalue weighted by atomic mass is 32.1. The number of para-hydroxylation sites is 1. The lowest BCUT2D eigenvalue weighted by Gasteiger charge is -1.99. The van der Waals surface area contributed by atoms with Crippen LogP contribution in [0, 0.1) is 0 Å². The van der Waals surface area contributed by atoms with E-state index in [-0.39, 0.29) is 5.78 Å². The summed E-state index contributed by atoms with van der Waals surface area (Å²) in [6.07, 6.45) is 8.55. The summed E-state index contributed by atoms with van der Waals surface area (Å²) < 4.78 is 1.84. The van der Waals surface area contributed by atoms with Crippen molar-refractivity contribution in [3.8, 4) is 16.3 Å². The molecule has 0 unspecified atom stereocenters. The molecule has 0 aliphatic heterocycles. The quantitative estimate of drug-likeness (QED) is 0.377. The SMILES string of the molecule is O=C(/C=C/c1cn(-c2ccccc2)nc1-c1cccs1)c1cccnc1. The molecule has 0 amide bonds. The Kier molecular flexibility index (Phi) is 4.53. The fourth-order valence-corrected chi connectivity index (χ4v) is 3.33. The van der Waals surface area contributed by atoms with Gasteiger partial charge in [0.2, 0.25) is 0 Å². The van der Waals surface area contributed by atoms with Crippen molar-refractivity contribution in [2.45, 2.75) is 0 Å². The van der Waals surface area contributed by atoms with Crippen LogP contribution < -0.4 is 0 Å². The van der Waals surface area contributed by atoms with E-state index in [1.165, 1.54) is 0 Å². The Morgan fingerprint density at radius 2 is 1.92 bits per heavy atom. The Hall–Kier alpha value is -3.31. The number of hydrogen-bond acceptors (Lipinski definition) is 4. The Morgan fingerprint density at radius 3 is 2.65 bits per heavy atom. The van der Waals surface area contributed by atoms with E-state index in [0.29, 0.717) is 5.56 Å². The molecule has 0 spiro atoms. The van der Waals surface area contributed by atoms with Gasteiger partial charge < -0.3 is 0 Å². The molecule has 0 bridgehead atoms. The molecule has 4 aromatic rings. The Labute approximate surface area is 155 Å². The summed E-state index contributed by atoms with van der Waals surface area (Å²) in [5.41, 5.74) is 3.30. The van der Waals surface area contributed by atoms with Gasteiger partial charge >= 0.3 is 0 Å². The molecule has 4 nitrogen and oxygen atoms in total. The molecule has 0 atom stereocenters. The van der Waals surface area contributed by atoms with Gasteiger partial charge in [-0.15, -0.1) is 11.3 Å². The minimum atomic E-state index is -0.0808. The van der Waals surface area contributed by atoms with Gasteiger partial charge in [0.15, 0.2) is 5.78 Å². The number of allylic oxidation sites excluding steroid dienone is 1. The van der Waals surface area contributed by atoms with Gasteiger partial charge in [0.25, 0.3) is 0 Å². The molecule has 0 aliphatic rings. The monoisotopic (exact) mass is 357 g/mol. The van der Waals surface area contributed by atoms with Crippen LogP contribution in [-0.2, 0) is 0 Å². The zero-order valence-electron chi connectivity index (χ0n) is 13.8. The average Bonchev–Trinajstić information content (AvgIpc) is 3.37. The number of aromatic nitrogens is 3. The standard InChI is InChI=1S/C21H15N3OS/c25-19(16-6-4-12-22-14-16)11-10-17-15-24(18-7-2-1-3-8-18)23-21(17)20-9-5-13-26-20/h1-15H/b11-10+. The molecule has 4 rings (SSSR count). The fraction of sp³-hybridized carbons (Fsp3) is 0. The van der Waals surface area contributed by atoms with Gasteiger partial charge in [-0.2, -0.15) is 5.10 Å². The Bertz CT molecular complexity index is 1040. The summed E-state index contributed by atoms with van der Waals surface area (Å²) in [7, 11) is 0. The summed E-state index contributed by atoms with van der Waals surface area (Å²) in [6.45, 7) is 0. The number of carbonyl (C=O) groups is 1. The van der Waals surface area contributed by atoms with Crippen LogP contribution >= 0.6 is 11.3 Å². The molecule has 0 saturated carbocycles. The third-order valence-corrected chi connectivity index (χ3v) is 4.75.